The minimum Gasteiger partial charge on any atom is -0.465 e. The van der Waals surface area contributed by atoms with E-state index in [4.69, 9.17) is 5.73 Å². The van der Waals surface area contributed by atoms with E-state index in [0.717, 1.165) is 12.1 Å². The molecular formula is C13H10BrF2N3O2. The van der Waals surface area contributed by atoms with Gasteiger partial charge in [-0.2, -0.15) is 0 Å². The molecule has 2 rings (SSSR count). The molecule has 0 aliphatic heterocycles. The van der Waals surface area contributed by atoms with Crippen LogP contribution in [-0.4, -0.2) is 18.1 Å². The minimum absolute atomic E-state index is 0.0490. The number of benzene rings is 1. The number of rotatable bonds is 3. The molecule has 3 N–H and O–H groups in total. The van der Waals surface area contributed by atoms with E-state index in [2.05, 4.69) is 31.0 Å². The van der Waals surface area contributed by atoms with E-state index in [1.54, 1.807) is 0 Å². The number of halogens is 3. The Morgan fingerprint density at radius 1 is 1.33 bits per heavy atom. The van der Waals surface area contributed by atoms with Crippen molar-refractivity contribution in [2.24, 2.45) is 0 Å². The SMILES string of the molecule is COC(=O)c1cc(Nc2c(F)cc(Br)cc2F)ncc1N. The molecule has 0 bridgehead atoms. The molecule has 0 aliphatic rings. The van der Waals surface area contributed by atoms with Crippen molar-refractivity contribution in [2.45, 2.75) is 0 Å². The summed E-state index contributed by atoms with van der Waals surface area (Å²) in [5.41, 5.74) is 5.36. The van der Waals surface area contributed by atoms with Gasteiger partial charge in [-0.15, -0.1) is 0 Å². The van der Waals surface area contributed by atoms with Crippen LogP contribution in [0.1, 0.15) is 10.4 Å². The summed E-state index contributed by atoms with van der Waals surface area (Å²) in [6.07, 6.45) is 1.20. The second kappa shape index (κ2) is 6.04. The van der Waals surface area contributed by atoms with Gasteiger partial charge >= 0.3 is 5.97 Å². The average Bonchev–Trinajstić information content (AvgIpc) is 2.43. The predicted octanol–water partition coefficient (Wildman–Crippen LogP) is 3.23. The number of ether oxygens (including phenoxy) is 1. The van der Waals surface area contributed by atoms with Gasteiger partial charge in [-0.3, -0.25) is 0 Å². The number of esters is 1. The number of aromatic nitrogens is 1. The molecule has 2 aromatic rings. The van der Waals surface area contributed by atoms with Crippen LogP contribution in [0.5, 0.6) is 0 Å². The molecule has 1 aromatic carbocycles. The number of carbonyl (C=O) groups excluding carboxylic acids is 1. The van der Waals surface area contributed by atoms with Crippen molar-refractivity contribution in [3.63, 3.8) is 0 Å². The van der Waals surface area contributed by atoms with Crippen molar-refractivity contribution < 1.29 is 18.3 Å². The van der Waals surface area contributed by atoms with Gasteiger partial charge in [0.25, 0.3) is 0 Å². The monoisotopic (exact) mass is 357 g/mol. The molecule has 0 fully saturated rings. The fourth-order valence-corrected chi connectivity index (χ4v) is 2.01. The molecule has 5 nitrogen and oxygen atoms in total. The molecule has 0 spiro atoms. The van der Waals surface area contributed by atoms with Crippen LogP contribution in [0.15, 0.2) is 28.9 Å². The van der Waals surface area contributed by atoms with E-state index < -0.39 is 17.6 Å². The number of carbonyl (C=O) groups is 1. The lowest BCUT2D eigenvalue weighted by atomic mass is 10.2. The Balaban J connectivity index is 2.39. The Hall–Kier alpha value is -2.22. The molecule has 110 valence electrons. The first-order chi connectivity index (χ1) is 9.92. The van der Waals surface area contributed by atoms with Crippen LogP contribution in [0.4, 0.5) is 26.0 Å². The number of methoxy groups -OCH3 is 1. The van der Waals surface area contributed by atoms with Crippen molar-refractivity contribution in [3.05, 3.63) is 46.1 Å². The molecule has 1 heterocycles. The quantitative estimate of drug-likeness (QED) is 0.824. The third-order valence-corrected chi connectivity index (χ3v) is 3.06. The average molecular weight is 358 g/mol. The molecule has 1 aromatic heterocycles. The maximum absolute atomic E-state index is 13.7. The van der Waals surface area contributed by atoms with Gasteiger partial charge in [-0.25, -0.2) is 18.6 Å². The van der Waals surface area contributed by atoms with Gasteiger partial charge in [0, 0.05) is 4.47 Å². The molecular weight excluding hydrogens is 348 g/mol. The predicted molar refractivity (Wildman–Crippen MR) is 77.3 cm³/mol. The van der Waals surface area contributed by atoms with Gasteiger partial charge in [0.2, 0.25) is 0 Å². The van der Waals surface area contributed by atoms with E-state index in [0.29, 0.717) is 0 Å². The lowest BCUT2D eigenvalue weighted by Crippen LogP contribution is -2.08. The largest absolute Gasteiger partial charge is 0.465 e. The third-order valence-electron chi connectivity index (χ3n) is 2.60. The normalized spacial score (nSPS) is 10.3. The highest BCUT2D eigenvalue weighted by Gasteiger charge is 2.15. The second-order valence-electron chi connectivity index (χ2n) is 4.02. The first-order valence-electron chi connectivity index (χ1n) is 5.67. The van der Waals surface area contributed by atoms with Crippen molar-refractivity contribution >= 4 is 39.1 Å². The number of hydrogen-bond acceptors (Lipinski definition) is 5. The Kier molecular flexibility index (Phi) is 4.37. The molecule has 0 atom stereocenters. The number of pyridine rings is 1. The Morgan fingerprint density at radius 2 is 1.95 bits per heavy atom. The molecule has 0 saturated heterocycles. The van der Waals surface area contributed by atoms with Crippen LogP contribution in [0.2, 0.25) is 0 Å². The number of nitrogens with zero attached hydrogens (tertiary/aromatic N) is 1. The summed E-state index contributed by atoms with van der Waals surface area (Å²) >= 11 is 2.98. The van der Waals surface area contributed by atoms with Gasteiger partial charge in [-0.1, -0.05) is 15.9 Å². The first-order valence-corrected chi connectivity index (χ1v) is 6.47. The van der Waals surface area contributed by atoms with Crippen molar-refractivity contribution in [1.82, 2.24) is 4.98 Å². The van der Waals surface area contributed by atoms with Crippen LogP contribution in [0.3, 0.4) is 0 Å². The summed E-state index contributed by atoms with van der Waals surface area (Å²) in [6, 6.07) is 3.45. The number of hydrogen-bond donors (Lipinski definition) is 2. The van der Waals surface area contributed by atoms with Crippen LogP contribution in [0, 0.1) is 11.6 Å². The van der Waals surface area contributed by atoms with Crippen LogP contribution in [-0.2, 0) is 4.74 Å². The second-order valence-corrected chi connectivity index (χ2v) is 4.93. The van der Waals surface area contributed by atoms with E-state index >= 15 is 0 Å². The van der Waals surface area contributed by atoms with Gasteiger partial charge in [0.05, 0.1) is 24.6 Å². The topological polar surface area (TPSA) is 77.2 Å². The Morgan fingerprint density at radius 3 is 2.52 bits per heavy atom. The van der Waals surface area contributed by atoms with Gasteiger partial charge in [-0.05, 0) is 18.2 Å². The zero-order chi connectivity index (χ0) is 15.6. The van der Waals surface area contributed by atoms with Crippen molar-refractivity contribution in [2.75, 3.05) is 18.2 Å². The van der Waals surface area contributed by atoms with Crippen molar-refractivity contribution in [3.8, 4) is 0 Å². The summed E-state index contributed by atoms with van der Waals surface area (Å²) in [7, 11) is 1.20. The molecule has 0 radical (unpaired) electrons. The molecule has 0 amide bonds. The van der Waals surface area contributed by atoms with Crippen LogP contribution < -0.4 is 11.1 Å². The summed E-state index contributed by atoms with van der Waals surface area (Å²) in [5, 5.41) is 2.47. The number of nitrogens with two attached hydrogens (primary N) is 1. The molecule has 8 heteroatoms. The number of nitrogen functional groups attached to an aromatic ring is 1. The van der Waals surface area contributed by atoms with E-state index in [-0.39, 0.29) is 27.2 Å². The van der Waals surface area contributed by atoms with E-state index in [1.165, 1.54) is 19.4 Å². The maximum atomic E-state index is 13.7. The highest BCUT2D eigenvalue weighted by atomic mass is 79.9. The number of nitrogens with one attached hydrogen (secondary N) is 1. The van der Waals surface area contributed by atoms with Crippen LogP contribution >= 0.6 is 15.9 Å². The van der Waals surface area contributed by atoms with E-state index in [9.17, 15) is 13.6 Å². The zero-order valence-corrected chi connectivity index (χ0v) is 12.4. The molecule has 21 heavy (non-hydrogen) atoms. The molecule has 0 aliphatic carbocycles. The van der Waals surface area contributed by atoms with Crippen molar-refractivity contribution in [1.29, 1.82) is 0 Å². The molecule has 0 saturated carbocycles. The summed E-state index contributed by atoms with van der Waals surface area (Å²) in [6.45, 7) is 0. The van der Waals surface area contributed by atoms with Crippen LogP contribution in [0.25, 0.3) is 0 Å². The highest BCUT2D eigenvalue weighted by Crippen LogP contribution is 2.27. The lowest BCUT2D eigenvalue weighted by molar-refractivity contribution is 0.0602. The fourth-order valence-electron chi connectivity index (χ4n) is 1.61. The standard InChI is InChI=1S/C13H10BrF2N3O2/c1-21-13(20)7-4-11(18-5-10(7)17)19-12-8(15)2-6(14)3-9(12)16/h2-5H,17H2,1H3,(H,18,19). The summed E-state index contributed by atoms with van der Waals surface area (Å²) in [4.78, 5) is 15.4. The number of anilines is 3. The minimum atomic E-state index is -0.805. The maximum Gasteiger partial charge on any atom is 0.340 e. The summed E-state index contributed by atoms with van der Waals surface area (Å²) < 4.78 is 32.3. The van der Waals surface area contributed by atoms with Gasteiger partial charge in [0.15, 0.2) is 11.6 Å². The highest BCUT2D eigenvalue weighted by molar-refractivity contribution is 9.10. The Bertz CT molecular complexity index is 687. The van der Waals surface area contributed by atoms with Gasteiger partial charge < -0.3 is 15.8 Å². The Labute approximate surface area is 127 Å². The smallest absolute Gasteiger partial charge is 0.340 e. The lowest BCUT2D eigenvalue weighted by Gasteiger charge is -2.10. The first kappa shape index (κ1) is 15.2. The zero-order valence-electron chi connectivity index (χ0n) is 10.8. The third kappa shape index (κ3) is 3.27. The van der Waals surface area contributed by atoms with Gasteiger partial charge in [0.1, 0.15) is 11.5 Å². The molecule has 0 unspecified atom stereocenters. The van der Waals surface area contributed by atoms with E-state index in [1.807, 2.05) is 0 Å². The summed E-state index contributed by atoms with van der Waals surface area (Å²) in [5.74, 6) is -2.22. The fraction of sp³-hybridized carbons (Fsp3) is 0.0769.